The van der Waals surface area contributed by atoms with E-state index in [1.807, 2.05) is 0 Å². The first-order valence-electron chi connectivity index (χ1n) is 6.23. The van der Waals surface area contributed by atoms with Gasteiger partial charge in [-0.2, -0.15) is 4.31 Å². The Morgan fingerprint density at radius 3 is 2.83 bits per heavy atom. The van der Waals surface area contributed by atoms with E-state index in [1.54, 1.807) is 7.05 Å². The minimum atomic E-state index is -3.51. The van der Waals surface area contributed by atoms with E-state index in [0.29, 0.717) is 19.0 Å². The van der Waals surface area contributed by atoms with E-state index in [0.717, 1.165) is 19.3 Å². The molecule has 0 spiro atoms. The average molecular weight is 272 g/mol. The van der Waals surface area contributed by atoms with Gasteiger partial charge >= 0.3 is 0 Å². The number of sulfonamides is 1. The van der Waals surface area contributed by atoms with Gasteiger partial charge in [0.1, 0.15) is 0 Å². The zero-order chi connectivity index (χ0) is 13.3. The highest BCUT2D eigenvalue weighted by Crippen LogP contribution is 2.27. The fourth-order valence-electron chi connectivity index (χ4n) is 2.45. The Labute approximate surface area is 108 Å². The monoisotopic (exact) mass is 272 g/mol. The van der Waals surface area contributed by atoms with Gasteiger partial charge in [-0.3, -0.25) is 0 Å². The van der Waals surface area contributed by atoms with Gasteiger partial charge in [-0.05, 0) is 18.8 Å². The third-order valence-electron chi connectivity index (χ3n) is 3.55. The highest BCUT2D eigenvalue weighted by atomic mass is 32.2. The Balaban J connectivity index is 2.31. The highest BCUT2D eigenvalue weighted by molar-refractivity contribution is 7.89. The molecule has 0 saturated carbocycles. The maximum Gasteiger partial charge on any atom is 0.262 e. The Kier molecular flexibility index (Phi) is 3.63. The molecule has 1 aromatic heterocycles. The molecule has 1 unspecified atom stereocenters. The van der Waals surface area contributed by atoms with E-state index >= 15 is 0 Å². The SMILES string of the molecule is CCC1CCCN(S(=O)(=O)c2c(N)ncn2C)C1. The van der Waals surface area contributed by atoms with E-state index in [-0.39, 0.29) is 10.8 Å². The summed E-state index contributed by atoms with van der Waals surface area (Å²) in [6.45, 7) is 3.26. The molecule has 0 bridgehead atoms. The van der Waals surface area contributed by atoms with Crippen molar-refractivity contribution >= 4 is 15.8 Å². The second kappa shape index (κ2) is 4.89. The van der Waals surface area contributed by atoms with Crippen molar-refractivity contribution in [1.82, 2.24) is 13.9 Å². The molecule has 0 radical (unpaired) electrons. The summed E-state index contributed by atoms with van der Waals surface area (Å²) in [5.74, 6) is 0.527. The topological polar surface area (TPSA) is 81.2 Å². The van der Waals surface area contributed by atoms with Crippen LogP contribution in [0.3, 0.4) is 0 Å². The first-order chi connectivity index (χ1) is 8.46. The van der Waals surface area contributed by atoms with Crippen LogP contribution in [-0.4, -0.2) is 35.4 Å². The summed E-state index contributed by atoms with van der Waals surface area (Å²) in [4.78, 5) is 3.85. The van der Waals surface area contributed by atoms with Crippen LogP contribution in [-0.2, 0) is 17.1 Å². The second-order valence-electron chi connectivity index (χ2n) is 4.83. The molecule has 2 heterocycles. The molecule has 0 aromatic carbocycles. The Morgan fingerprint density at radius 2 is 2.28 bits per heavy atom. The number of aryl methyl sites for hydroxylation is 1. The summed E-state index contributed by atoms with van der Waals surface area (Å²) < 4.78 is 28.1. The van der Waals surface area contributed by atoms with Crippen LogP contribution in [0.1, 0.15) is 26.2 Å². The maximum absolute atomic E-state index is 12.5. The van der Waals surface area contributed by atoms with Crippen LogP contribution in [0.2, 0.25) is 0 Å². The molecular weight excluding hydrogens is 252 g/mol. The predicted octanol–water partition coefficient (Wildman–Crippen LogP) is 0.813. The first kappa shape index (κ1) is 13.4. The summed E-state index contributed by atoms with van der Waals surface area (Å²) in [5.41, 5.74) is 5.66. The molecule has 1 aliphatic heterocycles. The van der Waals surface area contributed by atoms with Crippen molar-refractivity contribution in [2.24, 2.45) is 13.0 Å². The van der Waals surface area contributed by atoms with Crippen molar-refractivity contribution in [2.75, 3.05) is 18.8 Å². The molecular formula is C11H20N4O2S. The number of aromatic nitrogens is 2. The molecule has 6 nitrogen and oxygen atoms in total. The van der Waals surface area contributed by atoms with Gasteiger partial charge < -0.3 is 10.3 Å². The van der Waals surface area contributed by atoms with Crippen molar-refractivity contribution in [3.63, 3.8) is 0 Å². The Morgan fingerprint density at radius 1 is 1.56 bits per heavy atom. The molecule has 1 saturated heterocycles. The van der Waals surface area contributed by atoms with Crippen LogP contribution >= 0.6 is 0 Å². The van der Waals surface area contributed by atoms with Crippen molar-refractivity contribution in [3.8, 4) is 0 Å². The molecule has 1 fully saturated rings. The molecule has 1 atom stereocenters. The van der Waals surface area contributed by atoms with Gasteiger partial charge in [-0.25, -0.2) is 13.4 Å². The van der Waals surface area contributed by atoms with Crippen LogP contribution in [0.5, 0.6) is 0 Å². The molecule has 2 N–H and O–H groups in total. The lowest BCUT2D eigenvalue weighted by Crippen LogP contribution is -2.40. The number of rotatable bonds is 3. The van der Waals surface area contributed by atoms with E-state index in [1.165, 1.54) is 15.2 Å². The van der Waals surface area contributed by atoms with Crippen molar-refractivity contribution < 1.29 is 8.42 Å². The molecule has 1 aromatic rings. The van der Waals surface area contributed by atoms with E-state index in [9.17, 15) is 8.42 Å². The van der Waals surface area contributed by atoms with Gasteiger partial charge in [0.25, 0.3) is 10.0 Å². The highest BCUT2D eigenvalue weighted by Gasteiger charge is 2.33. The minimum absolute atomic E-state index is 0.0797. The summed E-state index contributed by atoms with van der Waals surface area (Å²) in [6.07, 6.45) is 4.45. The zero-order valence-corrected chi connectivity index (χ0v) is 11.7. The van der Waals surface area contributed by atoms with E-state index in [2.05, 4.69) is 11.9 Å². The normalized spacial score (nSPS) is 22.2. The Bertz CT molecular complexity index is 504. The molecule has 2 rings (SSSR count). The van der Waals surface area contributed by atoms with Crippen molar-refractivity contribution in [3.05, 3.63) is 6.33 Å². The lowest BCUT2D eigenvalue weighted by molar-refractivity contribution is 0.260. The average Bonchev–Trinajstić information content (AvgIpc) is 2.69. The quantitative estimate of drug-likeness (QED) is 0.883. The summed E-state index contributed by atoms with van der Waals surface area (Å²) in [5, 5.41) is 0.110. The fourth-order valence-corrected chi connectivity index (χ4v) is 4.20. The molecule has 0 amide bonds. The van der Waals surface area contributed by atoms with E-state index < -0.39 is 10.0 Å². The molecule has 102 valence electrons. The third-order valence-corrected chi connectivity index (χ3v) is 5.55. The number of piperidine rings is 1. The second-order valence-corrected chi connectivity index (χ2v) is 6.68. The number of imidazole rings is 1. The van der Waals surface area contributed by atoms with Crippen molar-refractivity contribution in [1.29, 1.82) is 0 Å². The number of hydrogen-bond donors (Lipinski definition) is 1. The van der Waals surface area contributed by atoms with Gasteiger partial charge in [0.15, 0.2) is 10.8 Å². The van der Waals surface area contributed by atoms with Gasteiger partial charge in [0.2, 0.25) is 0 Å². The van der Waals surface area contributed by atoms with Gasteiger partial charge in [0, 0.05) is 20.1 Å². The number of anilines is 1. The third kappa shape index (κ3) is 2.24. The van der Waals surface area contributed by atoms with Crippen LogP contribution in [0.4, 0.5) is 5.82 Å². The van der Waals surface area contributed by atoms with Gasteiger partial charge in [0.05, 0.1) is 6.33 Å². The fraction of sp³-hybridized carbons (Fsp3) is 0.727. The molecule has 18 heavy (non-hydrogen) atoms. The summed E-state index contributed by atoms with van der Waals surface area (Å²) in [6, 6.07) is 0. The maximum atomic E-state index is 12.5. The van der Waals surface area contributed by atoms with Crippen LogP contribution in [0, 0.1) is 5.92 Å². The van der Waals surface area contributed by atoms with Crippen LogP contribution in [0.15, 0.2) is 11.4 Å². The zero-order valence-electron chi connectivity index (χ0n) is 10.8. The first-order valence-corrected chi connectivity index (χ1v) is 7.67. The van der Waals surface area contributed by atoms with E-state index in [4.69, 9.17) is 5.73 Å². The van der Waals surface area contributed by atoms with Crippen LogP contribution < -0.4 is 5.73 Å². The number of nitrogens with two attached hydrogens (primary N) is 1. The number of nitrogen functional groups attached to an aromatic ring is 1. The van der Waals surface area contributed by atoms with Gasteiger partial charge in [-0.15, -0.1) is 0 Å². The number of hydrogen-bond acceptors (Lipinski definition) is 4. The molecule has 1 aliphatic rings. The predicted molar refractivity (Wildman–Crippen MR) is 69.4 cm³/mol. The smallest absolute Gasteiger partial charge is 0.262 e. The minimum Gasteiger partial charge on any atom is -0.381 e. The number of nitrogens with zero attached hydrogens (tertiary/aromatic N) is 3. The molecule has 0 aliphatic carbocycles. The standard InChI is InChI=1S/C11H20N4O2S/c1-3-9-5-4-6-15(7-9)18(16,17)11-10(12)13-8-14(11)2/h8-9H,3-7,12H2,1-2H3. The van der Waals surface area contributed by atoms with Crippen LogP contribution in [0.25, 0.3) is 0 Å². The summed E-state index contributed by atoms with van der Waals surface area (Å²) in [7, 11) is -1.86. The lowest BCUT2D eigenvalue weighted by Gasteiger charge is -2.31. The molecule has 7 heteroatoms. The lowest BCUT2D eigenvalue weighted by atomic mass is 9.97. The van der Waals surface area contributed by atoms with Gasteiger partial charge in [-0.1, -0.05) is 13.3 Å². The largest absolute Gasteiger partial charge is 0.381 e. The Hall–Kier alpha value is -1.08. The summed E-state index contributed by atoms with van der Waals surface area (Å²) >= 11 is 0. The van der Waals surface area contributed by atoms with Crippen molar-refractivity contribution in [2.45, 2.75) is 31.2 Å².